The monoisotopic (exact) mass is 268 g/mol. The molecule has 0 bridgehead atoms. The van der Waals surface area contributed by atoms with Crippen LogP contribution in [0.1, 0.15) is 19.4 Å². The van der Waals surface area contributed by atoms with E-state index in [-0.39, 0.29) is 4.91 Å². The van der Waals surface area contributed by atoms with Gasteiger partial charge >= 0.3 is 5.97 Å². The van der Waals surface area contributed by atoms with Crippen molar-refractivity contribution in [2.45, 2.75) is 13.8 Å². The van der Waals surface area contributed by atoms with E-state index in [0.29, 0.717) is 30.3 Å². The van der Waals surface area contributed by atoms with Crippen molar-refractivity contribution in [2.75, 3.05) is 13.2 Å². The summed E-state index contributed by atoms with van der Waals surface area (Å²) in [6.07, 6.45) is 1.46. The van der Waals surface area contributed by atoms with Crippen molar-refractivity contribution >= 4 is 24.7 Å². The molecule has 0 aliphatic carbocycles. The van der Waals surface area contributed by atoms with Gasteiger partial charge in [0, 0.05) is 0 Å². The van der Waals surface area contributed by atoms with Gasteiger partial charge in [-0.1, -0.05) is 6.07 Å². The summed E-state index contributed by atoms with van der Waals surface area (Å²) in [6, 6.07) is 5.24. The van der Waals surface area contributed by atoms with Gasteiger partial charge in [-0.05, 0) is 37.6 Å². The van der Waals surface area contributed by atoms with Crippen molar-refractivity contribution in [1.82, 2.24) is 0 Å². The third-order valence-corrected chi connectivity index (χ3v) is 2.41. The van der Waals surface area contributed by atoms with Crippen molar-refractivity contribution in [3.05, 3.63) is 28.7 Å². The first-order valence-electron chi connectivity index (χ1n) is 5.62. The predicted octanol–water partition coefficient (Wildman–Crippen LogP) is 2.84. The highest BCUT2D eigenvalue weighted by Crippen LogP contribution is 2.29. The fourth-order valence-corrected chi connectivity index (χ4v) is 1.53. The summed E-state index contributed by atoms with van der Waals surface area (Å²) in [5, 5.41) is 8.75. The van der Waals surface area contributed by atoms with E-state index in [1.165, 1.54) is 6.08 Å². The Balaban J connectivity index is 3.06. The van der Waals surface area contributed by atoms with Crippen LogP contribution in [0.3, 0.4) is 0 Å². The van der Waals surface area contributed by atoms with Crippen molar-refractivity contribution in [2.24, 2.45) is 0 Å². The second-order valence-electron chi connectivity index (χ2n) is 3.41. The van der Waals surface area contributed by atoms with Crippen LogP contribution in [0.25, 0.3) is 6.08 Å². The zero-order valence-corrected chi connectivity index (χ0v) is 11.2. The fourth-order valence-electron chi connectivity index (χ4n) is 1.38. The first-order valence-corrected chi connectivity index (χ1v) is 6.06. The van der Waals surface area contributed by atoms with Crippen LogP contribution in [-0.4, -0.2) is 24.3 Å². The van der Waals surface area contributed by atoms with E-state index in [4.69, 9.17) is 14.6 Å². The average molecular weight is 268 g/mol. The number of ether oxygens (including phenoxy) is 2. The molecule has 0 saturated heterocycles. The molecule has 0 spiro atoms. The largest absolute Gasteiger partial charge is 0.490 e. The molecule has 4 nitrogen and oxygen atoms in total. The Hall–Kier alpha value is -1.62. The predicted molar refractivity (Wildman–Crippen MR) is 73.4 cm³/mol. The molecule has 1 N–H and O–H groups in total. The summed E-state index contributed by atoms with van der Waals surface area (Å²) in [4.78, 5) is 10.7. The molecule has 0 radical (unpaired) electrons. The summed E-state index contributed by atoms with van der Waals surface area (Å²) in [6.45, 7) is 4.82. The van der Waals surface area contributed by atoms with Crippen molar-refractivity contribution in [3.63, 3.8) is 0 Å². The molecule has 98 valence electrons. The Kier molecular flexibility index (Phi) is 5.58. The highest BCUT2D eigenvalue weighted by Gasteiger charge is 2.07. The summed E-state index contributed by atoms with van der Waals surface area (Å²) in [7, 11) is 0. The van der Waals surface area contributed by atoms with Crippen molar-refractivity contribution in [1.29, 1.82) is 0 Å². The highest BCUT2D eigenvalue weighted by atomic mass is 32.1. The van der Waals surface area contributed by atoms with Crippen LogP contribution in [0.5, 0.6) is 11.5 Å². The van der Waals surface area contributed by atoms with E-state index in [1.807, 2.05) is 13.8 Å². The molecule has 5 heteroatoms. The average Bonchev–Trinajstić information content (AvgIpc) is 2.33. The molecular weight excluding hydrogens is 252 g/mol. The first kappa shape index (κ1) is 14.4. The third kappa shape index (κ3) is 4.00. The lowest BCUT2D eigenvalue weighted by atomic mass is 10.2. The molecule has 0 heterocycles. The first-order chi connectivity index (χ1) is 8.58. The molecular formula is C13H16O4S. The normalized spacial score (nSPS) is 11.2. The quantitative estimate of drug-likeness (QED) is 0.615. The van der Waals surface area contributed by atoms with Crippen LogP contribution >= 0.6 is 12.6 Å². The van der Waals surface area contributed by atoms with Crippen LogP contribution in [-0.2, 0) is 4.79 Å². The standard InChI is InChI=1S/C13H16O4S/c1-3-16-10-6-5-9(7-11(10)17-4-2)8-12(18)13(14)15/h5-8,18H,3-4H2,1-2H3,(H,14,15)/b12-8-. The lowest BCUT2D eigenvalue weighted by Crippen LogP contribution is -1.99. The highest BCUT2D eigenvalue weighted by molar-refractivity contribution is 7.85. The summed E-state index contributed by atoms with van der Waals surface area (Å²) >= 11 is 3.88. The summed E-state index contributed by atoms with van der Waals surface area (Å²) < 4.78 is 10.9. The Bertz CT molecular complexity index is 454. The van der Waals surface area contributed by atoms with Crippen LogP contribution in [0.15, 0.2) is 23.1 Å². The summed E-state index contributed by atoms with van der Waals surface area (Å²) in [5.74, 6) is 0.178. The molecule has 0 aliphatic rings. The minimum absolute atomic E-state index is 0.0263. The Morgan fingerprint density at radius 2 is 1.89 bits per heavy atom. The van der Waals surface area contributed by atoms with E-state index < -0.39 is 5.97 Å². The number of carboxylic acid groups (broad SMARTS) is 1. The molecule has 1 aromatic carbocycles. The van der Waals surface area contributed by atoms with Gasteiger partial charge in [0.15, 0.2) is 11.5 Å². The number of hydrogen-bond donors (Lipinski definition) is 2. The number of thiol groups is 1. The molecule has 0 saturated carbocycles. The number of carbonyl (C=O) groups is 1. The van der Waals surface area contributed by atoms with E-state index in [0.717, 1.165) is 0 Å². The van der Waals surface area contributed by atoms with Crippen LogP contribution in [0.4, 0.5) is 0 Å². The molecule has 0 unspecified atom stereocenters. The van der Waals surface area contributed by atoms with Crippen LogP contribution in [0.2, 0.25) is 0 Å². The van der Waals surface area contributed by atoms with E-state index in [1.54, 1.807) is 18.2 Å². The zero-order valence-electron chi connectivity index (χ0n) is 10.3. The zero-order chi connectivity index (χ0) is 13.5. The maximum absolute atomic E-state index is 10.7. The van der Waals surface area contributed by atoms with E-state index >= 15 is 0 Å². The number of benzene rings is 1. The second kappa shape index (κ2) is 6.96. The Morgan fingerprint density at radius 3 is 2.44 bits per heavy atom. The second-order valence-corrected chi connectivity index (χ2v) is 3.89. The van der Waals surface area contributed by atoms with Gasteiger partial charge in [0.05, 0.1) is 18.1 Å². The van der Waals surface area contributed by atoms with Gasteiger partial charge in [-0.15, -0.1) is 12.6 Å². The van der Waals surface area contributed by atoms with E-state index in [2.05, 4.69) is 12.6 Å². The molecule has 0 aromatic heterocycles. The molecule has 0 amide bonds. The van der Waals surface area contributed by atoms with Gasteiger partial charge in [0.25, 0.3) is 0 Å². The minimum Gasteiger partial charge on any atom is -0.490 e. The number of aliphatic carboxylic acids is 1. The van der Waals surface area contributed by atoms with Crippen molar-refractivity contribution < 1.29 is 19.4 Å². The Morgan fingerprint density at radius 1 is 1.28 bits per heavy atom. The molecule has 18 heavy (non-hydrogen) atoms. The SMILES string of the molecule is CCOc1ccc(/C=C(\S)C(=O)O)cc1OCC. The van der Waals surface area contributed by atoms with Gasteiger partial charge < -0.3 is 14.6 Å². The third-order valence-electron chi connectivity index (χ3n) is 2.09. The number of rotatable bonds is 6. The Labute approximate surface area is 112 Å². The van der Waals surface area contributed by atoms with Gasteiger partial charge in [0.2, 0.25) is 0 Å². The van der Waals surface area contributed by atoms with Crippen molar-refractivity contribution in [3.8, 4) is 11.5 Å². The van der Waals surface area contributed by atoms with Gasteiger partial charge in [-0.2, -0.15) is 0 Å². The van der Waals surface area contributed by atoms with Gasteiger partial charge in [-0.25, -0.2) is 4.79 Å². The van der Waals surface area contributed by atoms with E-state index in [9.17, 15) is 4.79 Å². The number of carboxylic acids is 1. The van der Waals surface area contributed by atoms with Crippen LogP contribution < -0.4 is 9.47 Å². The van der Waals surface area contributed by atoms with Crippen LogP contribution in [0, 0.1) is 0 Å². The lowest BCUT2D eigenvalue weighted by molar-refractivity contribution is -0.131. The molecule has 0 atom stereocenters. The number of hydrogen-bond acceptors (Lipinski definition) is 4. The summed E-state index contributed by atoms with van der Waals surface area (Å²) in [5.41, 5.74) is 0.703. The smallest absolute Gasteiger partial charge is 0.341 e. The van der Waals surface area contributed by atoms with Gasteiger partial charge in [0.1, 0.15) is 0 Å². The molecule has 0 aliphatic heterocycles. The molecule has 1 rings (SSSR count). The fraction of sp³-hybridized carbons (Fsp3) is 0.308. The lowest BCUT2D eigenvalue weighted by Gasteiger charge is -2.11. The molecule has 0 fully saturated rings. The maximum Gasteiger partial charge on any atom is 0.341 e. The van der Waals surface area contributed by atoms with Gasteiger partial charge in [-0.3, -0.25) is 0 Å². The minimum atomic E-state index is -1.06. The maximum atomic E-state index is 10.7. The topological polar surface area (TPSA) is 55.8 Å². The molecule has 1 aromatic rings.